The minimum absolute atomic E-state index is 0.0433. The van der Waals surface area contributed by atoms with Crippen molar-refractivity contribution in [3.8, 4) is 11.5 Å². The zero-order valence-corrected chi connectivity index (χ0v) is 21.0. The molecule has 5 rings (SSSR count). The third kappa shape index (κ3) is 5.06. The second kappa shape index (κ2) is 10.1. The number of amides is 1. The molecule has 3 aromatic carbocycles. The SMILES string of the molecule is CC(c1ccc(CC(=O)Nc2cc(F)c(C3(c4noc(-c5ccc(F)cc5)n4)CC3)c(F)c2)cc1)[SH](=O)=O. The van der Waals surface area contributed by atoms with Gasteiger partial charge in [0.05, 0.1) is 17.1 Å². The van der Waals surface area contributed by atoms with Crippen LogP contribution in [0.2, 0.25) is 0 Å². The van der Waals surface area contributed by atoms with Gasteiger partial charge in [-0.2, -0.15) is 4.98 Å². The van der Waals surface area contributed by atoms with Crippen LogP contribution >= 0.6 is 0 Å². The van der Waals surface area contributed by atoms with Crippen LogP contribution in [0.15, 0.2) is 65.2 Å². The predicted octanol–water partition coefficient (Wildman–Crippen LogP) is 5.09. The van der Waals surface area contributed by atoms with Crippen LogP contribution in [0.5, 0.6) is 0 Å². The summed E-state index contributed by atoms with van der Waals surface area (Å²) in [6.07, 6.45) is 0.746. The highest BCUT2D eigenvalue weighted by molar-refractivity contribution is 7.72. The molecule has 1 unspecified atom stereocenters. The maximum atomic E-state index is 15.2. The monoisotopic (exact) mass is 541 g/mol. The molecule has 1 saturated carbocycles. The van der Waals surface area contributed by atoms with Crippen molar-refractivity contribution in [3.05, 3.63) is 101 Å². The number of hydrogen-bond acceptors (Lipinski definition) is 6. The Kier molecular flexibility index (Phi) is 6.78. The van der Waals surface area contributed by atoms with E-state index in [-0.39, 0.29) is 29.4 Å². The lowest BCUT2D eigenvalue weighted by atomic mass is 9.93. The summed E-state index contributed by atoms with van der Waals surface area (Å²) in [5.41, 5.74) is 0.353. The van der Waals surface area contributed by atoms with E-state index in [0.29, 0.717) is 29.5 Å². The minimum atomic E-state index is -2.61. The fourth-order valence-corrected chi connectivity index (χ4v) is 4.78. The summed E-state index contributed by atoms with van der Waals surface area (Å²) < 4.78 is 71.2. The second-order valence-electron chi connectivity index (χ2n) is 9.25. The van der Waals surface area contributed by atoms with E-state index in [0.717, 1.165) is 12.1 Å². The fraction of sp³-hybridized carbons (Fsp3) is 0.222. The molecule has 1 aliphatic carbocycles. The Morgan fingerprint density at radius 2 is 1.66 bits per heavy atom. The molecule has 1 amide bonds. The molecule has 1 aromatic heterocycles. The van der Waals surface area contributed by atoms with E-state index >= 15 is 8.78 Å². The topological polar surface area (TPSA) is 102 Å². The van der Waals surface area contributed by atoms with Crippen molar-refractivity contribution >= 4 is 22.3 Å². The number of anilines is 1. The van der Waals surface area contributed by atoms with E-state index in [9.17, 15) is 17.6 Å². The average Bonchev–Trinajstić information content (AvgIpc) is 3.50. The molecule has 1 N–H and O–H groups in total. The molecule has 1 heterocycles. The van der Waals surface area contributed by atoms with Gasteiger partial charge in [-0.3, -0.25) is 4.79 Å². The van der Waals surface area contributed by atoms with E-state index in [1.165, 1.54) is 24.3 Å². The number of nitrogens with zero attached hydrogens (tertiary/aromatic N) is 2. The van der Waals surface area contributed by atoms with Gasteiger partial charge in [0.1, 0.15) is 28.2 Å². The normalized spacial score (nSPS) is 14.9. The summed E-state index contributed by atoms with van der Waals surface area (Å²) in [6, 6.07) is 14.0. The Morgan fingerprint density at radius 3 is 2.24 bits per heavy atom. The molecule has 196 valence electrons. The third-order valence-corrected chi connectivity index (χ3v) is 7.57. The van der Waals surface area contributed by atoms with E-state index in [4.69, 9.17) is 4.52 Å². The molecule has 0 bridgehead atoms. The first-order valence-electron chi connectivity index (χ1n) is 11.8. The van der Waals surface area contributed by atoms with Gasteiger partial charge in [0.2, 0.25) is 5.91 Å². The maximum absolute atomic E-state index is 15.2. The van der Waals surface area contributed by atoms with Gasteiger partial charge in [-0.25, -0.2) is 21.6 Å². The molecular weight excluding hydrogens is 519 g/mol. The highest BCUT2D eigenvalue weighted by Gasteiger charge is 2.53. The molecule has 1 aliphatic rings. The summed E-state index contributed by atoms with van der Waals surface area (Å²) in [5, 5.41) is 5.79. The Bertz CT molecular complexity index is 1550. The fourth-order valence-electron chi connectivity index (χ4n) is 4.37. The molecule has 0 saturated heterocycles. The summed E-state index contributed by atoms with van der Waals surface area (Å²) in [4.78, 5) is 16.8. The lowest BCUT2D eigenvalue weighted by Gasteiger charge is -2.15. The van der Waals surface area contributed by atoms with Crippen LogP contribution in [0.25, 0.3) is 11.5 Å². The minimum Gasteiger partial charge on any atom is -0.334 e. The Balaban J connectivity index is 1.31. The van der Waals surface area contributed by atoms with Crippen LogP contribution in [0.1, 0.15) is 47.5 Å². The van der Waals surface area contributed by atoms with Crippen molar-refractivity contribution < 1.29 is 30.9 Å². The van der Waals surface area contributed by atoms with Crippen molar-refractivity contribution in [1.29, 1.82) is 0 Å². The molecule has 1 atom stereocenters. The number of aromatic nitrogens is 2. The molecule has 4 aromatic rings. The van der Waals surface area contributed by atoms with Crippen LogP contribution in [0.4, 0.5) is 18.9 Å². The summed E-state index contributed by atoms with van der Waals surface area (Å²) in [7, 11) is -2.61. The second-order valence-corrected chi connectivity index (χ2v) is 10.6. The first-order chi connectivity index (χ1) is 18.2. The zero-order chi connectivity index (χ0) is 27.0. The van der Waals surface area contributed by atoms with E-state index in [2.05, 4.69) is 15.5 Å². The number of nitrogens with one attached hydrogen (secondary N) is 1. The van der Waals surface area contributed by atoms with Crippen molar-refractivity contribution in [3.63, 3.8) is 0 Å². The molecule has 1 fully saturated rings. The first kappa shape index (κ1) is 25.7. The van der Waals surface area contributed by atoms with Crippen molar-refractivity contribution in [2.24, 2.45) is 0 Å². The predicted molar refractivity (Wildman–Crippen MR) is 134 cm³/mol. The number of carbonyl (C=O) groups excluding carboxylic acids is 1. The summed E-state index contributed by atoms with van der Waals surface area (Å²) in [5.74, 6) is -2.38. The summed E-state index contributed by atoms with van der Waals surface area (Å²) in [6.45, 7) is 1.56. The van der Waals surface area contributed by atoms with E-state index < -0.39 is 44.7 Å². The third-order valence-electron chi connectivity index (χ3n) is 6.64. The van der Waals surface area contributed by atoms with Crippen LogP contribution < -0.4 is 5.32 Å². The number of carbonyl (C=O) groups is 1. The number of hydrogen-bond donors (Lipinski definition) is 2. The van der Waals surface area contributed by atoms with Crippen LogP contribution in [-0.4, -0.2) is 24.5 Å². The quantitative estimate of drug-likeness (QED) is 0.302. The van der Waals surface area contributed by atoms with Gasteiger partial charge in [-0.05, 0) is 67.3 Å². The lowest BCUT2D eigenvalue weighted by molar-refractivity contribution is -0.115. The number of benzene rings is 3. The largest absolute Gasteiger partial charge is 0.334 e. The number of thiol groups is 1. The number of halogens is 3. The molecule has 38 heavy (non-hydrogen) atoms. The smallest absolute Gasteiger partial charge is 0.257 e. The standard InChI is InChI=1S/C27H22F3N3O4S/c1-15(38(35)36)17-4-2-16(3-5-17)12-23(34)31-20-13-21(29)24(22(30)14-20)27(10-11-27)26-32-25(37-33-26)18-6-8-19(28)9-7-18/h2-9,13-15,38H,10-12H2,1H3,(H,31,34). The molecule has 0 radical (unpaired) electrons. The van der Waals surface area contributed by atoms with Crippen molar-refractivity contribution in [2.45, 2.75) is 36.9 Å². The summed E-state index contributed by atoms with van der Waals surface area (Å²) >= 11 is 0. The Hall–Kier alpha value is -3.99. The van der Waals surface area contributed by atoms with Crippen LogP contribution in [0.3, 0.4) is 0 Å². The van der Waals surface area contributed by atoms with Crippen LogP contribution in [0, 0.1) is 17.5 Å². The molecule has 0 spiro atoms. The average molecular weight is 542 g/mol. The molecule has 7 nitrogen and oxygen atoms in total. The van der Waals surface area contributed by atoms with Gasteiger partial charge in [-0.1, -0.05) is 29.4 Å². The molecule has 0 aliphatic heterocycles. The van der Waals surface area contributed by atoms with Crippen molar-refractivity contribution in [1.82, 2.24) is 10.1 Å². The number of rotatable bonds is 8. The Labute approximate surface area is 217 Å². The highest BCUT2D eigenvalue weighted by Crippen LogP contribution is 2.54. The molecule has 11 heteroatoms. The molecular formula is C27H22F3N3O4S. The van der Waals surface area contributed by atoms with Gasteiger partial charge in [0, 0.05) is 16.8 Å². The van der Waals surface area contributed by atoms with Gasteiger partial charge >= 0.3 is 0 Å². The lowest BCUT2D eigenvalue weighted by Crippen LogP contribution is -2.18. The maximum Gasteiger partial charge on any atom is 0.257 e. The van der Waals surface area contributed by atoms with Crippen molar-refractivity contribution in [2.75, 3.05) is 5.32 Å². The highest BCUT2D eigenvalue weighted by atomic mass is 32.2. The van der Waals surface area contributed by atoms with Gasteiger partial charge in [-0.15, -0.1) is 0 Å². The van der Waals surface area contributed by atoms with Gasteiger partial charge < -0.3 is 9.84 Å². The first-order valence-corrected chi connectivity index (χ1v) is 13.0. The van der Waals surface area contributed by atoms with Gasteiger partial charge in [0.15, 0.2) is 5.82 Å². The van der Waals surface area contributed by atoms with Gasteiger partial charge in [0.25, 0.3) is 5.89 Å². The van der Waals surface area contributed by atoms with E-state index in [1.807, 2.05) is 0 Å². The van der Waals surface area contributed by atoms with Crippen LogP contribution in [-0.2, 0) is 27.3 Å². The Morgan fingerprint density at radius 1 is 1.03 bits per heavy atom. The zero-order valence-electron chi connectivity index (χ0n) is 20.1. The van der Waals surface area contributed by atoms with E-state index in [1.54, 1.807) is 31.2 Å².